The summed E-state index contributed by atoms with van der Waals surface area (Å²) >= 11 is 0. The van der Waals surface area contributed by atoms with Gasteiger partial charge in [0, 0.05) is 11.7 Å². The molecule has 1 heterocycles. The summed E-state index contributed by atoms with van der Waals surface area (Å²) < 4.78 is 5.63. The fraction of sp³-hybridized carbons (Fsp3) is 0.350. The molecule has 1 fully saturated rings. The lowest BCUT2D eigenvalue weighted by atomic mass is 10.0. The van der Waals surface area contributed by atoms with E-state index in [0.717, 1.165) is 25.0 Å². The molecule has 2 unspecified atom stereocenters. The second-order valence-corrected chi connectivity index (χ2v) is 6.49. The zero-order valence-electron chi connectivity index (χ0n) is 14.6. The van der Waals surface area contributed by atoms with Crippen molar-refractivity contribution in [2.75, 3.05) is 5.32 Å². The maximum absolute atomic E-state index is 12.9. The second kappa shape index (κ2) is 7.76. The molecule has 26 heavy (non-hydrogen) atoms. The molecule has 1 aliphatic rings. The molecule has 6 heteroatoms. The molecule has 0 bridgehead atoms. The quantitative estimate of drug-likeness (QED) is 0.896. The summed E-state index contributed by atoms with van der Waals surface area (Å²) in [6.07, 6.45) is 2.54. The first-order valence-electron chi connectivity index (χ1n) is 8.63. The van der Waals surface area contributed by atoms with E-state index in [4.69, 9.17) is 9.68 Å². The van der Waals surface area contributed by atoms with Crippen molar-refractivity contribution in [1.29, 1.82) is 10.5 Å². The molecule has 0 aliphatic heterocycles. The molecule has 1 N–H and O–H groups in total. The molecule has 1 aromatic heterocycles. The number of carbonyl (C=O) groups excluding carboxylic acids is 1. The Morgan fingerprint density at radius 1 is 1.23 bits per heavy atom. The number of hydrogen-bond acceptors (Lipinski definition) is 4. The molecule has 132 valence electrons. The third-order valence-corrected chi connectivity index (χ3v) is 4.69. The molecule has 1 saturated carbocycles. The van der Waals surface area contributed by atoms with Gasteiger partial charge in [-0.25, -0.2) is 4.79 Å². The summed E-state index contributed by atoms with van der Waals surface area (Å²) in [5.74, 6) is 1.31. The van der Waals surface area contributed by atoms with Crippen molar-refractivity contribution in [3.8, 4) is 12.1 Å². The molecular formula is C20H20N4O2. The van der Waals surface area contributed by atoms with Gasteiger partial charge in [-0.15, -0.1) is 0 Å². The number of rotatable bonds is 4. The molecule has 0 spiro atoms. The molecule has 2 aromatic rings. The first-order valence-corrected chi connectivity index (χ1v) is 8.63. The minimum atomic E-state index is -0.268. The van der Waals surface area contributed by atoms with E-state index < -0.39 is 0 Å². The van der Waals surface area contributed by atoms with Crippen LogP contribution in [-0.4, -0.2) is 17.0 Å². The number of carbonyl (C=O) groups is 1. The first-order chi connectivity index (χ1) is 12.6. The second-order valence-electron chi connectivity index (χ2n) is 6.49. The minimum absolute atomic E-state index is 0.135. The van der Waals surface area contributed by atoms with Crippen LogP contribution in [0.2, 0.25) is 0 Å². The fourth-order valence-corrected chi connectivity index (χ4v) is 3.37. The van der Waals surface area contributed by atoms with Gasteiger partial charge in [-0.1, -0.05) is 0 Å². The van der Waals surface area contributed by atoms with E-state index in [9.17, 15) is 10.1 Å². The maximum atomic E-state index is 12.9. The Bertz CT molecular complexity index is 857. The third kappa shape index (κ3) is 3.87. The fourth-order valence-electron chi connectivity index (χ4n) is 3.37. The highest BCUT2D eigenvalue weighted by atomic mass is 16.3. The van der Waals surface area contributed by atoms with Gasteiger partial charge in [-0.05, 0) is 62.6 Å². The zero-order valence-corrected chi connectivity index (χ0v) is 14.6. The highest BCUT2D eigenvalue weighted by molar-refractivity contribution is 5.89. The van der Waals surface area contributed by atoms with E-state index in [0.29, 0.717) is 23.6 Å². The van der Waals surface area contributed by atoms with Gasteiger partial charge in [0.05, 0.1) is 30.2 Å². The smallest absolute Gasteiger partial charge is 0.322 e. The lowest BCUT2D eigenvalue weighted by molar-refractivity contribution is 0.168. The van der Waals surface area contributed by atoms with Gasteiger partial charge < -0.3 is 14.6 Å². The van der Waals surface area contributed by atoms with Gasteiger partial charge in [0.15, 0.2) is 0 Å². The number of nitriles is 2. The molecule has 2 atom stereocenters. The predicted octanol–water partition coefficient (Wildman–Crippen LogP) is 4.19. The van der Waals surface area contributed by atoms with Crippen molar-refractivity contribution in [1.82, 2.24) is 4.90 Å². The van der Waals surface area contributed by atoms with Crippen molar-refractivity contribution in [3.63, 3.8) is 0 Å². The largest absolute Gasteiger partial charge is 0.464 e. The number of nitrogens with zero attached hydrogens (tertiary/aromatic N) is 3. The van der Waals surface area contributed by atoms with Gasteiger partial charge in [-0.3, -0.25) is 0 Å². The van der Waals surface area contributed by atoms with Crippen molar-refractivity contribution in [3.05, 3.63) is 53.5 Å². The number of anilines is 1. The van der Waals surface area contributed by atoms with Crippen LogP contribution in [-0.2, 0) is 6.54 Å². The Morgan fingerprint density at radius 3 is 2.62 bits per heavy atom. The molecule has 1 aromatic carbocycles. The van der Waals surface area contributed by atoms with Crippen LogP contribution in [0, 0.1) is 35.5 Å². The summed E-state index contributed by atoms with van der Waals surface area (Å²) in [4.78, 5) is 14.6. The van der Waals surface area contributed by atoms with Crippen LogP contribution in [0.15, 0.2) is 40.8 Å². The van der Waals surface area contributed by atoms with E-state index in [1.807, 2.05) is 19.1 Å². The Kier molecular flexibility index (Phi) is 5.24. The summed E-state index contributed by atoms with van der Waals surface area (Å²) in [7, 11) is 0. The van der Waals surface area contributed by atoms with Gasteiger partial charge in [-0.2, -0.15) is 10.5 Å². The van der Waals surface area contributed by atoms with E-state index in [1.165, 1.54) is 0 Å². The zero-order chi connectivity index (χ0) is 18.5. The van der Waals surface area contributed by atoms with Crippen LogP contribution in [0.4, 0.5) is 10.5 Å². The summed E-state index contributed by atoms with van der Waals surface area (Å²) in [5, 5.41) is 21.2. The number of benzene rings is 1. The number of nitrogens with one attached hydrogen (secondary N) is 1. The molecule has 6 nitrogen and oxygen atoms in total. The van der Waals surface area contributed by atoms with E-state index in [-0.39, 0.29) is 18.0 Å². The number of furan rings is 1. The number of amides is 2. The average Bonchev–Trinajstić information content (AvgIpc) is 3.28. The van der Waals surface area contributed by atoms with Crippen LogP contribution in [0.5, 0.6) is 0 Å². The van der Waals surface area contributed by atoms with Crippen LogP contribution >= 0.6 is 0 Å². The molecule has 0 saturated heterocycles. The SMILES string of the molecule is Cc1ccc(CN(C(=O)Nc2ccc(C#N)cc2)C2CCCC2C#N)o1. The van der Waals surface area contributed by atoms with Crippen LogP contribution in [0.25, 0.3) is 0 Å². The predicted molar refractivity (Wildman–Crippen MR) is 95.9 cm³/mol. The van der Waals surface area contributed by atoms with Crippen molar-refractivity contribution >= 4 is 11.7 Å². The summed E-state index contributed by atoms with van der Waals surface area (Å²) in [6, 6.07) is 14.4. The Morgan fingerprint density at radius 2 is 2.00 bits per heavy atom. The lowest BCUT2D eigenvalue weighted by Crippen LogP contribution is -2.43. The standard InChI is InChI=1S/C20H20N4O2/c1-14-5-10-18(26-14)13-24(19-4-2-3-16(19)12-22)20(25)23-17-8-6-15(11-21)7-9-17/h5-10,16,19H,2-4,13H2,1H3,(H,23,25). The first kappa shape index (κ1) is 17.6. The van der Waals surface area contributed by atoms with Gasteiger partial charge in [0.1, 0.15) is 11.5 Å². The molecule has 3 rings (SSSR count). The number of hydrogen-bond donors (Lipinski definition) is 1. The van der Waals surface area contributed by atoms with Gasteiger partial charge in [0.25, 0.3) is 0 Å². The number of aryl methyl sites for hydroxylation is 1. The lowest BCUT2D eigenvalue weighted by Gasteiger charge is -2.30. The summed E-state index contributed by atoms with van der Waals surface area (Å²) in [5.41, 5.74) is 1.15. The topological polar surface area (TPSA) is 93.1 Å². The van der Waals surface area contributed by atoms with E-state index in [1.54, 1.807) is 29.2 Å². The van der Waals surface area contributed by atoms with E-state index >= 15 is 0 Å². The normalized spacial score (nSPS) is 18.7. The Hall–Kier alpha value is -3.25. The molecule has 0 radical (unpaired) electrons. The molecule has 2 amide bonds. The average molecular weight is 348 g/mol. The van der Waals surface area contributed by atoms with Crippen molar-refractivity contribution < 1.29 is 9.21 Å². The number of urea groups is 1. The minimum Gasteiger partial charge on any atom is -0.464 e. The Balaban J connectivity index is 1.80. The highest BCUT2D eigenvalue weighted by Crippen LogP contribution is 2.31. The highest BCUT2D eigenvalue weighted by Gasteiger charge is 2.35. The van der Waals surface area contributed by atoms with Crippen LogP contribution in [0.1, 0.15) is 36.3 Å². The van der Waals surface area contributed by atoms with Crippen molar-refractivity contribution in [2.24, 2.45) is 5.92 Å². The van der Waals surface area contributed by atoms with Gasteiger partial charge in [0.2, 0.25) is 0 Å². The maximum Gasteiger partial charge on any atom is 0.322 e. The van der Waals surface area contributed by atoms with Crippen LogP contribution in [0.3, 0.4) is 0 Å². The summed E-state index contributed by atoms with van der Waals surface area (Å²) in [6.45, 7) is 2.18. The monoisotopic (exact) mass is 348 g/mol. The van der Waals surface area contributed by atoms with Crippen LogP contribution < -0.4 is 5.32 Å². The third-order valence-electron chi connectivity index (χ3n) is 4.69. The molecule has 1 aliphatic carbocycles. The van der Waals surface area contributed by atoms with Crippen molar-refractivity contribution in [2.45, 2.75) is 38.8 Å². The molecular weight excluding hydrogens is 328 g/mol. The Labute approximate surface area is 152 Å². The van der Waals surface area contributed by atoms with E-state index in [2.05, 4.69) is 17.5 Å². The van der Waals surface area contributed by atoms with Gasteiger partial charge >= 0.3 is 6.03 Å².